The van der Waals surface area contributed by atoms with Crippen LogP contribution in [0.3, 0.4) is 0 Å². The van der Waals surface area contributed by atoms with Crippen molar-refractivity contribution in [2.45, 2.75) is 6.92 Å². The SMILES string of the molecule is Cc1ccc(C(=O)Oc2ccc3ncccc3c2)cc1. The van der Waals surface area contributed by atoms with Gasteiger partial charge < -0.3 is 4.74 Å². The highest BCUT2D eigenvalue weighted by atomic mass is 16.5. The molecular weight excluding hydrogens is 250 g/mol. The first-order valence-electron chi connectivity index (χ1n) is 6.36. The maximum atomic E-state index is 12.0. The fourth-order valence-electron chi connectivity index (χ4n) is 1.97. The van der Waals surface area contributed by atoms with Crippen LogP contribution in [0.1, 0.15) is 15.9 Å². The van der Waals surface area contributed by atoms with E-state index in [0.29, 0.717) is 11.3 Å². The number of aromatic nitrogens is 1. The van der Waals surface area contributed by atoms with Crippen molar-refractivity contribution >= 4 is 16.9 Å². The number of ether oxygens (including phenoxy) is 1. The fraction of sp³-hybridized carbons (Fsp3) is 0.0588. The van der Waals surface area contributed by atoms with Crippen molar-refractivity contribution in [3.05, 3.63) is 71.9 Å². The van der Waals surface area contributed by atoms with Gasteiger partial charge in [0.15, 0.2) is 0 Å². The van der Waals surface area contributed by atoms with E-state index in [1.54, 1.807) is 24.4 Å². The Kier molecular flexibility index (Phi) is 3.17. The van der Waals surface area contributed by atoms with E-state index in [4.69, 9.17) is 4.74 Å². The number of fused-ring (bicyclic) bond motifs is 1. The molecule has 0 saturated heterocycles. The lowest BCUT2D eigenvalue weighted by atomic mass is 10.1. The van der Waals surface area contributed by atoms with E-state index < -0.39 is 0 Å². The summed E-state index contributed by atoms with van der Waals surface area (Å²) in [7, 11) is 0. The molecule has 3 nitrogen and oxygen atoms in total. The van der Waals surface area contributed by atoms with Crippen LogP contribution in [0.25, 0.3) is 10.9 Å². The standard InChI is InChI=1S/C17H13NO2/c1-12-4-6-13(7-5-12)17(19)20-15-8-9-16-14(11-15)3-2-10-18-16/h2-11H,1H3. The number of pyridine rings is 1. The Morgan fingerprint density at radius 2 is 1.85 bits per heavy atom. The maximum absolute atomic E-state index is 12.0. The van der Waals surface area contributed by atoms with Gasteiger partial charge >= 0.3 is 5.97 Å². The summed E-state index contributed by atoms with van der Waals surface area (Å²) in [4.78, 5) is 16.3. The number of carbonyl (C=O) groups excluding carboxylic acids is 1. The molecule has 0 aliphatic carbocycles. The molecule has 3 aromatic rings. The minimum Gasteiger partial charge on any atom is -0.423 e. The fourth-order valence-corrected chi connectivity index (χ4v) is 1.97. The summed E-state index contributed by atoms with van der Waals surface area (Å²) in [6, 6.07) is 16.5. The molecule has 1 heterocycles. The number of benzene rings is 2. The van der Waals surface area contributed by atoms with Crippen LogP contribution in [0.15, 0.2) is 60.8 Å². The van der Waals surface area contributed by atoms with Crippen molar-refractivity contribution in [1.82, 2.24) is 4.98 Å². The molecule has 0 aliphatic heterocycles. The van der Waals surface area contributed by atoms with Crippen LogP contribution in [0.2, 0.25) is 0 Å². The topological polar surface area (TPSA) is 39.2 Å². The highest BCUT2D eigenvalue weighted by Crippen LogP contribution is 2.20. The van der Waals surface area contributed by atoms with E-state index in [2.05, 4.69) is 4.98 Å². The summed E-state index contributed by atoms with van der Waals surface area (Å²) in [5.41, 5.74) is 2.53. The quantitative estimate of drug-likeness (QED) is 0.522. The van der Waals surface area contributed by atoms with Crippen LogP contribution >= 0.6 is 0 Å². The minimum atomic E-state index is -0.353. The van der Waals surface area contributed by atoms with E-state index >= 15 is 0 Å². The smallest absolute Gasteiger partial charge is 0.343 e. The van der Waals surface area contributed by atoms with Gasteiger partial charge in [-0.15, -0.1) is 0 Å². The molecule has 98 valence electrons. The monoisotopic (exact) mass is 263 g/mol. The molecule has 1 aromatic heterocycles. The average Bonchev–Trinajstić information content (AvgIpc) is 2.48. The molecule has 0 unspecified atom stereocenters. The van der Waals surface area contributed by atoms with Crippen LogP contribution in [0.4, 0.5) is 0 Å². The van der Waals surface area contributed by atoms with E-state index in [-0.39, 0.29) is 5.97 Å². The van der Waals surface area contributed by atoms with Gasteiger partial charge in [0, 0.05) is 11.6 Å². The van der Waals surface area contributed by atoms with E-state index in [1.165, 1.54) is 0 Å². The van der Waals surface area contributed by atoms with Gasteiger partial charge in [-0.25, -0.2) is 4.79 Å². The van der Waals surface area contributed by atoms with Gasteiger partial charge in [0.2, 0.25) is 0 Å². The second kappa shape index (κ2) is 5.13. The molecule has 0 radical (unpaired) electrons. The third-order valence-electron chi connectivity index (χ3n) is 3.07. The second-order valence-electron chi connectivity index (χ2n) is 4.61. The lowest BCUT2D eigenvalue weighted by Crippen LogP contribution is -2.08. The van der Waals surface area contributed by atoms with Crippen LogP contribution in [-0.4, -0.2) is 11.0 Å². The number of rotatable bonds is 2. The normalized spacial score (nSPS) is 10.4. The van der Waals surface area contributed by atoms with Crippen LogP contribution < -0.4 is 4.74 Å². The number of esters is 1. The molecule has 2 aromatic carbocycles. The van der Waals surface area contributed by atoms with Crippen molar-refractivity contribution in [3.8, 4) is 5.75 Å². The number of carbonyl (C=O) groups is 1. The van der Waals surface area contributed by atoms with E-state index in [0.717, 1.165) is 16.5 Å². The molecule has 0 aliphatic rings. The van der Waals surface area contributed by atoms with Crippen LogP contribution in [-0.2, 0) is 0 Å². The van der Waals surface area contributed by atoms with Gasteiger partial charge in [-0.1, -0.05) is 23.8 Å². The highest BCUT2D eigenvalue weighted by molar-refractivity contribution is 5.91. The first-order valence-corrected chi connectivity index (χ1v) is 6.36. The summed E-state index contributed by atoms with van der Waals surface area (Å²) in [6.45, 7) is 1.98. The molecule has 3 heteroatoms. The Morgan fingerprint density at radius 3 is 2.65 bits per heavy atom. The summed E-state index contributed by atoms with van der Waals surface area (Å²) < 4.78 is 5.38. The number of hydrogen-bond donors (Lipinski definition) is 0. The van der Waals surface area contributed by atoms with Crippen molar-refractivity contribution in [3.63, 3.8) is 0 Å². The van der Waals surface area contributed by atoms with Crippen molar-refractivity contribution < 1.29 is 9.53 Å². The lowest BCUT2D eigenvalue weighted by Gasteiger charge is -2.05. The van der Waals surface area contributed by atoms with Crippen molar-refractivity contribution in [1.29, 1.82) is 0 Å². The third-order valence-corrected chi connectivity index (χ3v) is 3.07. The Hall–Kier alpha value is -2.68. The van der Waals surface area contributed by atoms with E-state index in [1.807, 2.05) is 43.3 Å². The van der Waals surface area contributed by atoms with Gasteiger partial charge in [0.05, 0.1) is 11.1 Å². The molecule has 0 fully saturated rings. The van der Waals surface area contributed by atoms with Gasteiger partial charge in [0.25, 0.3) is 0 Å². The van der Waals surface area contributed by atoms with Crippen LogP contribution in [0, 0.1) is 6.92 Å². The molecule has 20 heavy (non-hydrogen) atoms. The maximum Gasteiger partial charge on any atom is 0.343 e. The molecule has 0 spiro atoms. The van der Waals surface area contributed by atoms with E-state index in [9.17, 15) is 4.79 Å². The van der Waals surface area contributed by atoms with Crippen molar-refractivity contribution in [2.24, 2.45) is 0 Å². The Bertz CT molecular complexity index is 763. The molecule has 0 amide bonds. The molecular formula is C17H13NO2. The van der Waals surface area contributed by atoms with Crippen LogP contribution in [0.5, 0.6) is 5.75 Å². The first kappa shape index (κ1) is 12.4. The van der Waals surface area contributed by atoms with Gasteiger partial charge in [-0.3, -0.25) is 4.98 Å². The average molecular weight is 263 g/mol. The summed E-state index contributed by atoms with van der Waals surface area (Å²) in [5, 5.41) is 0.946. The Balaban J connectivity index is 1.85. The van der Waals surface area contributed by atoms with Crippen molar-refractivity contribution in [2.75, 3.05) is 0 Å². The van der Waals surface area contributed by atoms with Gasteiger partial charge in [-0.2, -0.15) is 0 Å². The zero-order chi connectivity index (χ0) is 13.9. The predicted octanol–water partition coefficient (Wildman–Crippen LogP) is 3.76. The van der Waals surface area contributed by atoms with Gasteiger partial charge in [-0.05, 0) is 43.3 Å². The number of nitrogens with zero attached hydrogens (tertiary/aromatic N) is 1. The molecule has 0 atom stereocenters. The van der Waals surface area contributed by atoms with Gasteiger partial charge in [0.1, 0.15) is 5.75 Å². The lowest BCUT2D eigenvalue weighted by molar-refractivity contribution is 0.0735. The summed E-state index contributed by atoms with van der Waals surface area (Å²) in [6.07, 6.45) is 1.74. The Labute approximate surface area is 116 Å². The summed E-state index contributed by atoms with van der Waals surface area (Å²) >= 11 is 0. The largest absolute Gasteiger partial charge is 0.423 e. The predicted molar refractivity (Wildman–Crippen MR) is 77.9 cm³/mol. The molecule has 0 saturated carbocycles. The molecule has 0 N–H and O–H groups in total. The second-order valence-corrected chi connectivity index (χ2v) is 4.61. The zero-order valence-electron chi connectivity index (χ0n) is 11.0. The molecule has 0 bridgehead atoms. The molecule has 3 rings (SSSR count). The first-order chi connectivity index (χ1) is 9.72. The third kappa shape index (κ3) is 2.52. The minimum absolute atomic E-state index is 0.353. The Morgan fingerprint density at radius 1 is 1.05 bits per heavy atom. The number of hydrogen-bond acceptors (Lipinski definition) is 3. The highest BCUT2D eigenvalue weighted by Gasteiger charge is 2.08. The number of aryl methyl sites for hydroxylation is 1. The zero-order valence-corrected chi connectivity index (χ0v) is 11.0. The summed E-state index contributed by atoms with van der Waals surface area (Å²) in [5.74, 6) is 0.171.